The summed E-state index contributed by atoms with van der Waals surface area (Å²) in [7, 11) is 0. The van der Waals surface area contributed by atoms with Crippen LogP contribution in [0.25, 0.3) is 98.8 Å². The summed E-state index contributed by atoms with van der Waals surface area (Å²) < 4.78 is 13.0. The standard InChI is InChI=1S/C56H35NO2/c1-2-10-36(11-3-1)40-12-8-13-41(34-40)37-22-27-43(28-23-37)57(44-29-24-38(25-30-44)47-16-9-17-50-48-14-4-6-18-52(48)58-55(47)50)45-31-33-46-42(35-45)21-20-39-26-32-51-49-15-5-7-19-53(49)59-56(51)54(39)46/h1-35H. The minimum absolute atomic E-state index is 0.901. The molecule has 0 N–H and O–H groups in total. The predicted molar refractivity (Wildman–Crippen MR) is 247 cm³/mol. The van der Waals surface area contributed by atoms with Gasteiger partial charge in [-0.15, -0.1) is 0 Å². The van der Waals surface area contributed by atoms with Crippen molar-refractivity contribution in [3.8, 4) is 33.4 Å². The number of hydrogen-bond donors (Lipinski definition) is 0. The Bertz CT molecular complexity index is 3540. The zero-order valence-corrected chi connectivity index (χ0v) is 32.0. The second-order valence-corrected chi connectivity index (χ2v) is 15.3. The van der Waals surface area contributed by atoms with Crippen molar-refractivity contribution in [1.29, 1.82) is 0 Å². The fourth-order valence-electron chi connectivity index (χ4n) is 8.98. The van der Waals surface area contributed by atoms with Gasteiger partial charge in [0.2, 0.25) is 0 Å². The first-order chi connectivity index (χ1) is 29.2. The summed E-state index contributed by atoms with van der Waals surface area (Å²) >= 11 is 0. The van der Waals surface area contributed by atoms with E-state index in [1.165, 1.54) is 27.6 Å². The number of para-hydroxylation sites is 3. The topological polar surface area (TPSA) is 29.5 Å². The Labute approximate surface area is 340 Å². The monoisotopic (exact) mass is 753 g/mol. The van der Waals surface area contributed by atoms with E-state index in [0.717, 1.165) is 88.2 Å². The van der Waals surface area contributed by atoms with Crippen LogP contribution < -0.4 is 4.90 Å². The van der Waals surface area contributed by atoms with Gasteiger partial charge in [-0.25, -0.2) is 0 Å². The van der Waals surface area contributed by atoms with Crippen molar-refractivity contribution >= 4 is 82.5 Å². The fraction of sp³-hybridized carbons (Fsp3) is 0. The van der Waals surface area contributed by atoms with Gasteiger partial charge in [0.15, 0.2) is 0 Å². The molecule has 0 saturated carbocycles. The molecule has 0 atom stereocenters. The molecule has 276 valence electrons. The smallest absolute Gasteiger partial charge is 0.143 e. The molecule has 59 heavy (non-hydrogen) atoms. The second-order valence-electron chi connectivity index (χ2n) is 15.3. The summed E-state index contributed by atoms with van der Waals surface area (Å²) in [5.41, 5.74) is 13.8. The third kappa shape index (κ3) is 5.51. The van der Waals surface area contributed by atoms with Crippen LogP contribution in [-0.4, -0.2) is 0 Å². The normalized spacial score (nSPS) is 11.7. The van der Waals surface area contributed by atoms with Crippen LogP contribution in [0.15, 0.2) is 221 Å². The number of hydrogen-bond acceptors (Lipinski definition) is 3. The van der Waals surface area contributed by atoms with E-state index in [9.17, 15) is 0 Å². The molecule has 0 saturated heterocycles. The number of anilines is 3. The lowest BCUT2D eigenvalue weighted by Gasteiger charge is -2.26. The van der Waals surface area contributed by atoms with E-state index < -0.39 is 0 Å². The molecule has 12 aromatic rings. The highest BCUT2D eigenvalue weighted by Gasteiger charge is 2.18. The summed E-state index contributed by atoms with van der Waals surface area (Å²) in [5.74, 6) is 0. The molecule has 0 amide bonds. The molecule has 12 rings (SSSR count). The SMILES string of the molecule is c1ccc(-c2cccc(-c3ccc(N(c4ccc(-c5cccc6c5oc5ccccc56)cc4)c4ccc5c(ccc6ccc7c8ccccc8oc7c65)c4)cc3)c2)cc1. The molecule has 2 aromatic heterocycles. The largest absolute Gasteiger partial charge is 0.455 e. The molecule has 0 aliphatic heterocycles. The van der Waals surface area contributed by atoms with Crippen LogP contribution >= 0.6 is 0 Å². The molecule has 0 spiro atoms. The van der Waals surface area contributed by atoms with E-state index in [1.54, 1.807) is 0 Å². The van der Waals surface area contributed by atoms with Gasteiger partial charge in [-0.1, -0.05) is 152 Å². The van der Waals surface area contributed by atoms with Gasteiger partial charge >= 0.3 is 0 Å². The summed E-state index contributed by atoms with van der Waals surface area (Å²) in [5, 5.41) is 9.15. The first-order valence-electron chi connectivity index (χ1n) is 20.1. The lowest BCUT2D eigenvalue weighted by atomic mass is 9.98. The number of rotatable bonds is 6. The third-order valence-electron chi connectivity index (χ3n) is 11.9. The molecule has 0 bridgehead atoms. The number of nitrogens with zero attached hydrogens (tertiary/aromatic N) is 1. The summed E-state index contributed by atoms with van der Waals surface area (Å²) in [6.45, 7) is 0. The summed E-state index contributed by atoms with van der Waals surface area (Å²) in [4.78, 5) is 2.35. The molecule has 0 radical (unpaired) electrons. The Morgan fingerprint density at radius 1 is 0.288 bits per heavy atom. The van der Waals surface area contributed by atoms with Crippen LogP contribution in [0.5, 0.6) is 0 Å². The van der Waals surface area contributed by atoms with Crippen molar-refractivity contribution in [3.05, 3.63) is 212 Å². The number of benzene rings is 10. The third-order valence-corrected chi connectivity index (χ3v) is 11.9. The first kappa shape index (κ1) is 33.3. The van der Waals surface area contributed by atoms with Gasteiger partial charge in [0.1, 0.15) is 22.3 Å². The van der Waals surface area contributed by atoms with Gasteiger partial charge in [0, 0.05) is 49.6 Å². The van der Waals surface area contributed by atoms with E-state index >= 15 is 0 Å². The van der Waals surface area contributed by atoms with Crippen molar-refractivity contribution in [3.63, 3.8) is 0 Å². The predicted octanol–water partition coefficient (Wildman–Crippen LogP) is 16.3. The lowest BCUT2D eigenvalue weighted by molar-refractivity contribution is 0.670. The molecular weight excluding hydrogens is 719 g/mol. The minimum Gasteiger partial charge on any atom is -0.455 e. The van der Waals surface area contributed by atoms with Crippen LogP contribution in [0, 0.1) is 0 Å². The Hall–Kier alpha value is -7.88. The highest BCUT2D eigenvalue weighted by molar-refractivity contribution is 6.23. The van der Waals surface area contributed by atoms with E-state index in [-0.39, 0.29) is 0 Å². The van der Waals surface area contributed by atoms with Gasteiger partial charge in [0.05, 0.1) is 0 Å². The Morgan fingerprint density at radius 2 is 0.797 bits per heavy atom. The van der Waals surface area contributed by atoms with Crippen molar-refractivity contribution in [2.75, 3.05) is 4.90 Å². The highest BCUT2D eigenvalue weighted by Crippen LogP contribution is 2.43. The number of furan rings is 2. The van der Waals surface area contributed by atoms with Crippen LogP contribution in [0.4, 0.5) is 17.1 Å². The van der Waals surface area contributed by atoms with Crippen LogP contribution in [-0.2, 0) is 0 Å². The van der Waals surface area contributed by atoms with E-state index in [2.05, 4.69) is 199 Å². The Balaban J connectivity index is 0.986. The molecule has 3 heteroatoms. The molecule has 2 heterocycles. The fourth-order valence-corrected chi connectivity index (χ4v) is 8.98. The van der Waals surface area contributed by atoms with Gasteiger partial charge in [-0.3, -0.25) is 0 Å². The summed E-state index contributed by atoms with van der Waals surface area (Å²) in [6, 6.07) is 75.7. The van der Waals surface area contributed by atoms with E-state index in [0.29, 0.717) is 0 Å². The van der Waals surface area contributed by atoms with Crippen molar-refractivity contribution in [1.82, 2.24) is 0 Å². The molecule has 3 nitrogen and oxygen atoms in total. The molecule has 0 aliphatic rings. The molecule has 0 unspecified atom stereocenters. The minimum atomic E-state index is 0.901. The van der Waals surface area contributed by atoms with Gasteiger partial charge in [0.25, 0.3) is 0 Å². The maximum absolute atomic E-state index is 6.54. The molecule has 0 aliphatic carbocycles. The van der Waals surface area contributed by atoms with E-state index in [1.807, 2.05) is 18.2 Å². The second kappa shape index (κ2) is 13.4. The van der Waals surface area contributed by atoms with Crippen LogP contribution in [0.3, 0.4) is 0 Å². The zero-order chi connectivity index (χ0) is 38.9. The average Bonchev–Trinajstić information content (AvgIpc) is 3.89. The maximum Gasteiger partial charge on any atom is 0.143 e. The van der Waals surface area contributed by atoms with Crippen LogP contribution in [0.2, 0.25) is 0 Å². The molecular formula is C56H35NO2. The lowest BCUT2D eigenvalue weighted by Crippen LogP contribution is -2.09. The summed E-state index contributed by atoms with van der Waals surface area (Å²) in [6.07, 6.45) is 0. The Morgan fingerprint density at radius 3 is 1.53 bits per heavy atom. The van der Waals surface area contributed by atoms with Crippen molar-refractivity contribution < 1.29 is 8.83 Å². The van der Waals surface area contributed by atoms with Crippen molar-refractivity contribution in [2.24, 2.45) is 0 Å². The van der Waals surface area contributed by atoms with Crippen molar-refractivity contribution in [2.45, 2.75) is 0 Å². The van der Waals surface area contributed by atoms with Crippen LogP contribution in [0.1, 0.15) is 0 Å². The van der Waals surface area contributed by atoms with Gasteiger partial charge in [-0.2, -0.15) is 0 Å². The average molecular weight is 754 g/mol. The Kier molecular flexibility index (Phi) is 7.54. The first-order valence-corrected chi connectivity index (χ1v) is 20.1. The number of fused-ring (bicyclic) bond motifs is 10. The van der Waals surface area contributed by atoms with Gasteiger partial charge < -0.3 is 13.7 Å². The molecule has 0 fully saturated rings. The van der Waals surface area contributed by atoms with Gasteiger partial charge in [-0.05, 0) is 105 Å². The molecule has 10 aromatic carbocycles. The zero-order valence-electron chi connectivity index (χ0n) is 32.0. The maximum atomic E-state index is 6.54. The highest BCUT2D eigenvalue weighted by atomic mass is 16.3. The quantitative estimate of drug-likeness (QED) is 0.158. The van der Waals surface area contributed by atoms with E-state index in [4.69, 9.17) is 8.83 Å².